The Hall–Kier alpha value is -2.09. The van der Waals surface area contributed by atoms with Crippen LogP contribution in [0.2, 0.25) is 5.02 Å². The number of aromatic carboxylic acids is 1. The zero-order chi connectivity index (χ0) is 17.5. The second-order valence-corrected chi connectivity index (χ2v) is 5.63. The van der Waals surface area contributed by atoms with Crippen LogP contribution < -0.4 is 0 Å². The maximum Gasteiger partial charge on any atom is 0.431 e. The van der Waals surface area contributed by atoms with Crippen molar-refractivity contribution < 1.29 is 23.1 Å². The lowest BCUT2D eigenvalue weighted by molar-refractivity contribution is -0.144. The van der Waals surface area contributed by atoms with Gasteiger partial charge in [0.15, 0.2) is 5.82 Å². The lowest BCUT2D eigenvalue weighted by Crippen LogP contribution is -2.19. The number of halogens is 4. The van der Waals surface area contributed by atoms with Gasteiger partial charge in [-0.1, -0.05) is 11.6 Å². The predicted molar refractivity (Wildman–Crippen MR) is 77.6 cm³/mol. The molecular formula is C14H13ClF3N3O2. The van der Waals surface area contributed by atoms with Gasteiger partial charge in [0.05, 0.1) is 10.6 Å². The molecule has 2 aromatic heterocycles. The Kier molecular flexibility index (Phi) is 4.39. The van der Waals surface area contributed by atoms with E-state index in [2.05, 4.69) is 9.97 Å². The molecule has 2 rings (SSSR count). The largest absolute Gasteiger partial charge is 0.477 e. The lowest BCUT2D eigenvalue weighted by Gasteiger charge is -2.17. The van der Waals surface area contributed by atoms with E-state index in [9.17, 15) is 23.1 Å². The molecule has 124 valence electrons. The maximum atomic E-state index is 13.4. The quantitative estimate of drug-likeness (QED) is 0.903. The van der Waals surface area contributed by atoms with Crippen molar-refractivity contribution in [2.45, 2.75) is 33.0 Å². The van der Waals surface area contributed by atoms with Crippen molar-refractivity contribution in [1.82, 2.24) is 14.5 Å². The number of carboxylic acid groups (broad SMARTS) is 1. The van der Waals surface area contributed by atoms with Crippen LogP contribution in [-0.4, -0.2) is 25.6 Å². The molecular weight excluding hydrogens is 335 g/mol. The normalized spacial score (nSPS) is 12.0. The van der Waals surface area contributed by atoms with Gasteiger partial charge in [-0.3, -0.25) is 0 Å². The summed E-state index contributed by atoms with van der Waals surface area (Å²) in [5.41, 5.74) is -1.90. The minimum absolute atomic E-state index is 0.116. The fourth-order valence-corrected chi connectivity index (χ4v) is 2.60. The van der Waals surface area contributed by atoms with Crippen LogP contribution in [0, 0.1) is 6.92 Å². The van der Waals surface area contributed by atoms with Gasteiger partial charge in [-0.15, -0.1) is 0 Å². The van der Waals surface area contributed by atoms with Crippen molar-refractivity contribution in [2.75, 3.05) is 0 Å². The lowest BCUT2D eigenvalue weighted by atomic mass is 10.1. The second-order valence-electron chi connectivity index (χ2n) is 5.19. The Bertz CT molecular complexity index is 752. The number of aromatic nitrogens is 3. The van der Waals surface area contributed by atoms with E-state index < -0.39 is 29.6 Å². The fourth-order valence-electron chi connectivity index (χ4n) is 2.50. The third-order valence-electron chi connectivity index (χ3n) is 3.28. The Labute approximate surface area is 134 Å². The molecule has 23 heavy (non-hydrogen) atoms. The first kappa shape index (κ1) is 17.3. The average Bonchev–Trinajstić information content (AvgIpc) is 2.73. The fraction of sp³-hybridized carbons (Fsp3) is 0.357. The van der Waals surface area contributed by atoms with Gasteiger partial charge in [0.25, 0.3) is 0 Å². The third kappa shape index (κ3) is 3.03. The minimum atomic E-state index is -4.71. The molecule has 0 bridgehead atoms. The first-order valence-electron chi connectivity index (χ1n) is 6.58. The number of nitrogens with zero attached hydrogens (tertiary/aromatic N) is 3. The van der Waals surface area contributed by atoms with Gasteiger partial charge in [0.2, 0.25) is 0 Å². The predicted octanol–water partition coefficient (Wildman–Crippen LogP) is 4.20. The van der Waals surface area contributed by atoms with Crippen molar-refractivity contribution in [1.29, 1.82) is 0 Å². The van der Waals surface area contributed by atoms with Crippen LogP contribution in [0.1, 0.15) is 41.6 Å². The maximum absolute atomic E-state index is 13.4. The summed E-state index contributed by atoms with van der Waals surface area (Å²) in [7, 11) is 0. The summed E-state index contributed by atoms with van der Waals surface area (Å²) in [6.07, 6.45) is -2.30. The van der Waals surface area contributed by atoms with E-state index in [4.69, 9.17) is 11.6 Å². The van der Waals surface area contributed by atoms with Gasteiger partial charge < -0.3 is 9.67 Å². The molecule has 0 aromatic carbocycles. The smallest absolute Gasteiger partial charge is 0.431 e. The van der Waals surface area contributed by atoms with Crippen molar-refractivity contribution in [3.8, 4) is 11.4 Å². The molecule has 0 aliphatic rings. The molecule has 0 aliphatic carbocycles. The summed E-state index contributed by atoms with van der Waals surface area (Å²) in [6, 6.07) is -0.711. The summed E-state index contributed by atoms with van der Waals surface area (Å²) in [5, 5.41) is 9.64. The summed E-state index contributed by atoms with van der Waals surface area (Å²) >= 11 is 5.67. The molecule has 5 nitrogen and oxygen atoms in total. The van der Waals surface area contributed by atoms with E-state index in [0.29, 0.717) is 0 Å². The van der Waals surface area contributed by atoms with E-state index in [1.165, 1.54) is 33.2 Å². The highest BCUT2D eigenvalue weighted by Crippen LogP contribution is 2.41. The number of hydrogen-bond donors (Lipinski definition) is 1. The molecule has 0 unspecified atom stereocenters. The molecule has 0 atom stereocenters. The van der Waals surface area contributed by atoms with Crippen LogP contribution >= 0.6 is 11.6 Å². The van der Waals surface area contributed by atoms with Crippen molar-refractivity contribution in [3.63, 3.8) is 0 Å². The Morgan fingerprint density at radius 3 is 2.22 bits per heavy atom. The Morgan fingerprint density at radius 2 is 1.83 bits per heavy atom. The molecule has 2 heterocycles. The molecule has 0 saturated carbocycles. The number of rotatable bonds is 3. The summed E-state index contributed by atoms with van der Waals surface area (Å²) in [4.78, 5) is 19.3. The second kappa shape index (κ2) is 5.84. The topological polar surface area (TPSA) is 68.0 Å². The van der Waals surface area contributed by atoms with Crippen LogP contribution in [0.5, 0.6) is 0 Å². The molecule has 2 aromatic rings. The number of alkyl halides is 3. The molecule has 1 N–H and O–H groups in total. The van der Waals surface area contributed by atoms with Crippen molar-refractivity contribution >= 4 is 17.6 Å². The SMILES string of the molecule is Cc1c(-c2ncc(Cl)cn2)c(C(=O)O)n(C(C)C)c1C(F)(F)F. The monoisotopic (exact) mass is 347 g/mol. The molecule has 0 aliphatic heterocycles. The van der Waals surface area contributed by atoms with Gasteiger partial charge >= 0.3 is 12.1 Å². The van der Waals surface area contributed by atoms with E-state index >= 15 is 0 Å². The van der Waals surface area contributed by atoms with Gasteiger partial charge in [-0.2, -0.15) is 13.2 Å². The van der Waals surface area contributed by atoms with E-state index in [0.717, 1.165) is 4.57 Å². The number of carbonyl (C=O) groups is 1. The average molecular weight is 348 g/mol. The Morgan fingerprint density at radius 1 is 1.30 bits per heavy atom. The summed E-state index contributed by atoms with van der Waals surface area (Å²) in [5.74, 6) is -1.60. The molecule has 0 spiro atoms. The summed E-state index contributed by atoms with van der Waals surface area (Å²) < 4.78 is 41.0. The standard InChI is InChI=1S/C14H13ClF3N3O2/c1-6(2)21-10(13(22)23)9(7(3)11(21)14(16,17)18)12-19-4-8(15)5-20-12/h4-6H,1-3H3,(H,22,23). The van der Waals surface area contributed by atoms with Crippen molar-refractivity contribution in [3.05, 3.63) is 34.4 Å². The van der Waals surface area contributed by atoms with Gasteiger partial charge in [-0.05, 0) is 26.3 Å². The molecule has 0 amide bonds. The van der Waals surface area contributed by atoms with Crippen LogP contribution in [-0.2, 0) is 6.18 Å². The number of carboxylic acids is 1. The van der Waals surface area contributed by atoms with Gasteiger partial charge in [-0.25, -0.2) is 14.8 Å². The molecule has 0 fully saturated rings. The van der Waals surface area contributed by atoms with Crippen molar-refractivity contribution in [2.24, 2.45) is 0 Å². The highest BCUT2D eigenvalue weighted by molar-refractivity contribution is 6.30. The Balaban J connectivity index is 2.91. The minimum Gasteiger partial charge on any atom is -0.477 e. The van der Waals surface area contributed by atoms with Crippen LogP contribution in [0.15, 0.2) is 12.4 Å². The molecule has 9 heteroatoms. The zero-order valence-corrected chi connectivity index (χ0v) is 13.2. The van der Waals surface area contributed by atoms with E-state index in [1.807, 2.05) is 0 Å². The highest BCUT2D eigenvalue weighted by atomic mass is 35.5. The first-order valence-corrected chi connectivity index (χ1v) is 6.96. The first-order chi connectivity index (χ1) is 10.6. The summed E-state index contributed by atoms with van der Waals surface area (Å²) in [6.45, 7) is 4.17. The molecule has 0 saturated heterocycles. The highest BCUT2D eigenvalue weighted by Gasteiger charge is 2.42. The van der Waals surface area contributed by atoms with E-state index in [-0.39, 0.29) is 22.0 Å². The zero-order valence-electron chi connectivity index (χ0n) is 12.4. The van der Waals surface area contributed by atoms with Gasteiger partial charge in [0.1, 0.15) is 11.4 Å². The number of hydrogen-bond acceptors (Lipinski definition) is 3. The molecule has 0 radical (unpaired) electrons. The van der Waals surface area contributed by atoms with Gasteiger partial charge in [0, 0.05) is 18.4 Å². The van der Waals surface area contributed by atoms with Crippen LogP contribution in [0.25, 0.3) is 11.4 Å². The van der Waals surface area contributed by atoms with Crippen LogP contribution in [0.3, 0.4) is 0 Å². The third-order valence-corrected chi connectivity index (χ3v) is 3.48. The van der Waals surface area contributed by atoms with Crippen LogP contribution in [0.4, 0.5) is 13.2 Å². The van der Waals surface area contributed by atoms with E-state index in [1.54, 1.807) is 0 Å².